The van der Waals surface area contributed by atoms with Crippen LogP contribution in [0.15, 0.2) is 37.1 Å². The standard InChI is InChI=1S/C27H38N4O2S/c1-6-15-31(5)25(33)17(2)20-10-12-27(4)16-21-23(18(3)22(27)24(20)32)30-26(34-21)29-14-11-19-9-7-8-13-28-19/h6-9,13,17-18,20,22,24,32H,1,10-12,14-16H2,2-5H3,(H,29,30)/t17-,18-,20?,22+,24-,27-/m0/s1. The van der Waals surface area contributed by atoms with E-state index < -0.39 is 6.10 Å². The average Bonchev–Trinajstić information content (AvgIpc) is 3.21. The SMILES string of the molecule is C=CCN(C)C(=O)[C@@H](C)C1CC[C@@]2(C)Cc3sc(NCCc4ccccn4)nc3[C@@H](C)[C@@H]2[C@H]1O. The average molecular weight is 483 g/mol. The fraction of sp³-hybridized carbons (Fsp3) is 0.593. The van der Waals surface area contributed by atoms with Crippen LogP contribution in [0.2, 0.25) is 0 Å². The number of fused-ring (bicyclic) bond motifs is 2. The molecule has 0 radical (unpaired) electrons. The summed E-state index contributed by atoms with van der Waals surface area (Å²) < 4.78 is 0. The zero-order chi connectivity index (χ0) is 24.5. The Bertz CT molecular complexity index is 1010. The number of rotatable bonds is 8. The summed E-state index contributed by atoms with van der Waals surface area (Å²) in [6.45, 7) is 11.6. The normalized spacial score (nSPS) is 29.0. The Kier molecular flexibility index (Phi) is 7.43. The monoisotopic (exact) mass is 482 g/mol. The molecular formula is C27H38N4O2S. The minimum atomic E-state index is -0.514. The maximum atomic E-state index is 12.9. The van der Waals surface area contributed by atoms with Gasteiger partial charge in [-0.05, 0) is 48.6 Å². The second kappa shape index (κ2) is 10.2. The summed E-state index contributed by atoms with van der Waals surface area (Å²) in [7, 11) is 1.81. The van der Waals surface area contributed by atoms with Crippen LogP contribution in [-0.2, 0) is 17.6 Å². The zero-order valence-electron chi connectivity index (χ0n) is 20.8. The van der Waals surface area contributed by atoms with Crippen LogP contribution in [0.1, 0.15) is 55.8 Å². The van der Waals surface area contributed by atoms with Gasteiger partial charge in [0.05, 0.1) is 11.8 Å². The number of amides is 1. The van der Waals surface area contributed by atoms with E-state index in [1.807, 2.05) is 38.4 Å². The van der Waals surface area contributed by atoms with E-state index in [0.29, 0.717) is 6.54 Å². The summed E-state index contributed by atoms with van der Waals surface area (Å²) in [6, 6.07) is 5.99. The lowest BCUT2D eigenvalue weighted by atomic mass is 9.53. The predicted molar refractivity (Wildman–Crippen MR) is 138 cm³/mol. The van der Waals surface area contributed by atoms with Crippen molar-refractivity contribution in [3.63, 3.8) is 0 Å². The number of carbonyl (C=O) groups excluding carboxylic acids is 1. The summed E-state index contributed by atoms with van der Waals surface area (Å²) in [5.74, 6) is 0.100. The fourth-order valence-corrected chi connectivity index (χ4v) is 7.57. The number of aliphatic hydroxyl groups excluding tert-OH is 1. The van der Waals surface area contributed by atoms with E-state index in [0.717, 1.165) is 48.7 Å². The summed E-state index contributed by atoms with van der Waals surface area (Å²) in [6.07, 6.45) is 6.75. The molecule has 2 heterocycles. The molecule has 2 aromatic heterocycles. The minimum Gasteiger partial charge on any atom is -0.392 e. The summed E-state index contributed by atoms with van der Waals surface area (Å²) in [4.78, 5) is 25.4. The van der Waals surface area contributed by atoms with Gasteiger partial charge in [-0.25, -0.2) is 4.98 Å². The van der Waals surface area contributed by atoms with E-state index in [1.54, 1.807) is 22.3 Å². The van der Waals surface area contributed by atoms with Crippen LogP contribution in [-0.4, -0.2) is 52.1 Å². The number of aromatic nitrogens is 2. The van der Waals surface area contributed by atoms with Crippen LogP contribution in [0.5, 0.6) is 0 Å². The highest BCUT2D eigenvalue weighted by molar-refractivity contribution is 7.15. The van der Waals surface area contributed by atoms with Gasteiger partial charge in [0, 0.05) is 55.2 Å². The van der Waals surface area contributed by atoms with Gasteiger partial charge in [-0.1, -0.05) is 32.9 Å². The van der Waals surface area contributed by atoms with Crippen molar-refractivity contribution in [1.82, 2.24) is 14.9 Å². The van der Waals surface area contributed by atoms with E-state index in [1.165, 1.54) is 4.88 Å². The highest BCUT2D eigenvalue weighted by atomic mass is 32.1. The van der Waals surface area contributed by atoms with E-state index in [9.17, 15) is 9.90 Å². The highest BCUT2D eigenvalue weighted by Gasteiger charge is 2.54. The van der Waals surface area contributed by atoms with Gasteiger partial charge in [-0.2, -0.15) is 0 Å². The van der Waals surface area contributed by atoms with Crippen molar-refractivity contribution in [1.29, 1.82) is 0 Å². The fourth-order valence-electron chi connectivity index (χ4n) is 6.28. The van der Waals surface area contributed by atoms with Crippen molar-refractivity contribution in [3.05, 3.63) is 53.3 Å². The molecule has 2 aliphatic carbocycles. The molecule has 1 amide bonds. The van der Waals surface area contributed by atoms with Crippen molar-refractivity contribution in [3.8, 4) is 0 Å². The molecule has 0 aliphatic heterocycles. The van der Waals surface area contributed by atoms with Gasteiger partial charge < -0.3 is 15.3 Å². The Balaban J connectivity index is 1.47. The van der Waals surface area contributed by atoms with Crippen LogP contribution < -0.4 is 5.32 Å². The molecule has 0 saturated heterocycles. The third kappa shape index (κ3) is 4.78. The molecule has 0 aromatic carbocycles. The quantitative estimate of drug-likeness (QED) is 0.541. The Labute approximate surface area is 207 Å². The topological polar surface area (TPSA) is 78.4 Å². The number of carbonyl (C=O) groups is 1. The zero-order valence-corrected chi connectivity index (χ0v) is 21.6. The Hall–Kier alpha value is -2.25. The summed E-state index contributed by atoms with van der Waals surface area (Å²) >= 11 is 1.76. The first kappa shape index (κ1) is 24.9. The number of hydrogen-bond acceptors (Lipinski definition) is 6. The molecule has 184 valence electrons. The number of hydrogen-bond donors (Lipinski definition) is 2. The second-order valence-corrected chi connectivity index (χ2v) is 11.5. The van der Waals surface area contributed by atoms with Crippen molar-refractivity contribution in [2.45, 2.75) is 58.5 Å². The first-order valence-electron chi connectivity index (χ1n) is 12.4. The molecule has 4 rings (SSSR count). The molecule has 2 aliphatic rings. The van der Waals surface area contributed by atoms with Crippen LogP contribution in [0.25, 0.3) is 0 Å². The number of thiazole rings is 1. The van der Waals surface area contributed by atoms with Crippen LogP contribution in [0.4, 0.5) is 5.13 Å². The third-order valence-corrected chi connectivity index (χ3v) is 9.15. The molecule has 2 N–H and O–H groups in total. The van der Waals surface area contributed by atoms with Crippen LogP contribution in [0, 0.1) is 23.2 Å². The molecular weight excluding hydrogens is 444 g/mol. The molecule has 34 heavy (non-hydrogen) atoms. The van der Waals surface area contributed by atoms with Gasteiger partial charge in [0.15, 0.2) is 5.13 Å². The Morgan fingerprint density at radius 2 is 2.26 bits per heavy atom. The van der Waals surface area contributed by atoms with Gasteiger partial charge in [-0.3, -0.25) is 9.78 Å². The molecule has 6 nitrogen and oxygen atoms in total. The molecule has 1 unspecified atom stereocenters. The van der Waals surface area contributed by atoms with Crippen molar-refractivity contribution in [2.24, 2.45) is 23.2 Å². The van der Waals surface area contributed by atoms with Gasteiger partial charge in [0.25, 0.3) is 0 Å². The van der Waals surface area contributed by atoms with Crippen molar-refractivity contribution in [2.75, 3.05) is 25.5 Å². The number of likely N-dealkylation sites (N-methyl/N-ethyl adjacent to an activating group) is 1. The number of aliphatic hydroxyl groups is 1. The predicted octanol–water partition coefficient (Wildman–Crippen LogP) is 4.53. The van der Waals surface area contributed by atoms with E-state index in [2.05, 4.69) is 30.7 Å². The van der Waals surface area contributed by atoms with Gasteiger partial charge in [0.1, 0.15) is 0 Å². The number of nitrogens with one attached hydrogen (secondary N) is 1. The van der Waals surface area contributed by atoms with Crippen LogP contribution in [0.3, 0.4) is 0 Å². The molecule has 0 bridgehead atoms. The van der Waals surface area contributed by atoms with Gasteiger partial charge in [-0.15, -0.1) is 17.9 Å². The molecule has 1 fully saturated rings. The lowest BCUT2D eigenvalue weighted by molar-refractivity contribution is -0.143. The third-order valence-electron chi connectivity index (χ3n) is 8.12. The van der Waals surface area contributed by atoms with E-state index in [-0.39, 0.29) is 35.0 Å². The molecule has 1 saturated carbocycles. The smallest absolute Gasteiger partial charge is 0.225 e. The van der Waals surface area contributed by atoms with Crippen LogP contribution >= 0.6 is 11.3 Å². The number of nitrogens with zero attached hydrogens (tertiary/aromatic N) is 3. The first-order valence-corrected chi connectivity index (χ1v) is 13.2. The minimum absolute atomic E-state index is 0.0237. The summed E-state index contributed by atoms with van der Waals surface area (Å²) in [5, 5.41) is 16.0. The van der Waals surface area contributed by atoms with Crippen molar-refractivity contribution < 1.29 is 9.90 Å². The van der Waals surface area contributed by atoms with E-state index >= 15 is 0 Å². The number of anilines is 1. The maximum Gasteiger partial charge on any atom is 0.225 e. The van der Waals surface area contributed by atoms with Crippen molar-refractivity contribution >= 4 is 22.4 Å². The first-order chi connectivity index (χ1) is 16.2. The van der Waals surface area contributed by atoms with Gasteiger partial charge in [0.2, 0.25) is 5.91 Å². The lowest BCUT2D eigenvalue weighted by Crippen LogP contribution is -2.53. The second-order valence-electron chi connectivity index (χ2n) is 10.5. The molecule has 2 aromatic rings. The largest absolute Gasteiger partial charge is 0.392 e. The Morgan fingerprint density at radius 3 is 2.97 bits per heavy atom. The molecule has 7 heteroatoms. The maximum absolute atomic E-state index is 12.9. The summed E-state index contributed by atoms with van der Waals surface area (Å²) in [5.41, 5.74) is 2.21. The molecule has 6 atom stereocenters. The highest BCUT2D eigenvalue weighted by Crippen LogP contribution is 2.57. The van der Waals surface area contributed by atoms with Gasteiger partial charge >= 0.3 is 0 Å². The van der Waals surface area contributed by atoms with E-state index in [4.69, 9.17) is 4.98 Å². The number of pyridine rings is 1. The lowest BCUT2D eigenvalue weighted by Gasteiger charge is -2.53. The molecule has 0 spiro atoms. The Morgan fingerprint density at radius 1 is 1.47 bits per heavy atom.